The first-order valence-corrected chi connectivity index (χ1v) is 16.4. The van der Waals surface area contributed by atoms with E-state index >= 15 is 13.6 Å². The number of fused-ring (bicyclic) bond motifs is 1. The van der Waals surface area contributed by atoms with Crippen LogP contribution in [0, 0.1) is 28.4 Å². The molecule has 0 aromatic heterocycles. The summed E-state index contributed by atoms with van der Waals surface area (Å²) in [5.74, 6) is -4.38. The van der Waals surface area contributed by atoms with Crippen molar-refractivity contribution >= 4 is 40.8 Å². The Bertz CT molecular complexity index is 1780. The van der Waals surface area contributed by atoms with Crippen molar-refractivity contribution in [1.82, 2.24) is 4.90 Å². The zero-order chi connectivity index (χ0) is 35.1. The number of rotatable bonds is 10. The predicted octanol–water partition coefficient (Wildman–Crippen LogP) is 7.55. The second-order valence-electron chi connectivity index (χ2n) is 13.5. The van der Waals surface area contributed by atoms with Gasteiger partial charge in [0.2, 0.25) is 5.91 Å². The number of carboxylic acids is 1. The molecule has 0 unspecified atom stereocenters. The lowest BCUT2D eigenvalue weighted by Gasteiger charge is -2.42. The van der Waals surface area contributed by atoms with Gasteiger partial charge in [0.15, 0.2) is 0 Å². The average molecular weight is 701 g/mol. The molecule has 8 nitrogen and oxygen atoms in total. The van der Waals surface area contributed by atoms with Gasteiger partial charge in [-0.3, -0.25) is 14.6 Å². The van der Waals surface area contributed by atoms with Crippen LogP contribution in [0.1, 0.15) is 73.9 Å². The summed E-state index contributed by atoms with van der Waals surface area (Å²) in [4.78, 5) is 30.3. The summed E-state index contributed by atoms with van der Waals surface area (Å²) >= 11 is 12.5. The number of ether oxygens (including phenoxy) is 1. The number of nitriles is 1. The SMILES string of the molecule is COc1cc(C(=O)O)ccc1N1C(=O)[C@H]2[C@H](c3cccc(Cl)c3F)[C@@](C#N)(c3ccc(Cl)cc3F)[C@H](CC(C)(C)C)N2[C@@H]1CCCCO. The number of halogens is 4. The third-order valence-electron chi connectivity index (χ3n) is 9.39. The fraction of sp³-hybridized carbons (Fsp3) is 0.417. The van der Waals surface area contributed by atoms with Crippen LogP contribution in [0.3, 0.4) is 0 Å². The van der Waals surface area contributed by atoms with Gasteiger partial charge in [-0.15, -0.1) is 0 Å². The van der Waals surface area contributed by atoms with Gasteiger partial charge in [0.1, 0.15) is 28.8 Å². The van der Waals surface area contributed by atoms with Gasteiger partial charge in [-0.1, -0.05) is 62.2 Å². The van der Waals surface area contributed by atoms with Crippen LogP contribution in [0.25, 0.3) is 0 Å². The molecule has 0 aliphatic carbocycles. The van der Waals surface area contributed by atoms with Crippen molar-refractivity contribution in [2.45, 2.75) is 76.0 Å². The Labute approximate surface area is 288 Å². The van der Waals surface area contributed by atoms with Crippen LogP contribution in [0.4, 0.5) is 14.5 Å². The molecular weight excluding hydrogens is 663 g/mol. The number of amides is 1. The molecule has 2 aliphatic rings. The topological polar surface area (TPSA) is 114 Å². The Morgan fingerprint density at radius 1 is 1.10 bits per heavy atom. The first-order chi connectivity index (χ1) is 22.7. The van der Waals surface area contributed by atoms with E-state index in [1.165, 1.54) is 60.5 Å². The summed E-state index contributed by atoms with van der Waals surface area (Å²) in [6.45, 7) is 5.82. The predicted molar refractivity (Wildman–Crippen MR) is 179 cm³/mol. The van der Waals surface area contributed by atoms with E-state index in [4.69, 9.17) is 27.9 Å². The third kappa shape index (κ3) is 6.02. The summed E-state index contributed by atoms with van der Waals surface area (Å²) in [6, 6.07) is 13.0. The lowest BCUT2D eigenvalue weighted by molar-refractivity contribution is -0.119. The number of aliphatic hydroxyl groups excluding tert-OH is 1. The lowest BCUT2D eigenvalue weighted by atomic mass is 9.62. The van der Waals surface area contributed by atoms with E-state index in [2.05, 4.69) is 6.07 Å². The van der Waals surface area contributed by atoms with Crippen molar-refractivity contribution in [3.8, 4) is 11.8 Å². The van der Waals surface area contributed by atoms with E-state index in [0.29, 0.717) is 25.7 Å². The zero-order valence-corrected chi connectivity index (χ0v) is 28.5. The molecule has 2 saturated heterocycles. The number of benzene rings is 3. The second-order valence-corrected chi connectivity index (χ2v) is 14.3. The maximum atomic E-state index is 16.3. The van der Waals surface area contributed by atoms with Crippen LogP contribution in [0.15, 0.2) is 54.6 Å². The van der Waals surface area contributed by atoms with Crippen LogP contribution in [-0.2, 0) is 10.2 Å². The number of carbonyl (C=O) groups excluding carboxylic acids is 1. The molecule has 2 N–H and O–H groups in total. The van der Waals surface area contributed by atoms with Crippen molar-refractivity contribution in [3.63, 3.8) is 0 Å². The fourth-order valence-electron chi connectivity index (χ4n) is 7.55. The average Bonchev–Trinajstić information content (AvgIpc) is 3.46. The largest absolute Gasteiger partial charge is 0.495 e. The molecule has 12 heteroatoms. The molecule has 0 radical (unpaired) electrons. The van der Waals surface area contributed by atoms with E-state index in [9.17, 15) is 20.3 Å². The van der Waals surface area contributed by atoms with E-state index < -0.39 is 58.5 Å². The maximum absolute atomic E-state index is 16.3. The summed E-state index contributed by atoms with van der Waals surface area (Å²) in [7, 11) is 1.36. The molecule has 2 aliphatic heterocycles. The molecule has 1 amide bonds. The number of hydrogen-bond donors (Lipinski definition) is 2. The summed E-state index contributed by atoms with van der Waals surface area (Å²) in [5, 5.41) is 30.6. The Kier molecular flexibility index (Phi) is 10.1. The Morgan fingerprint density at radius 3 is 2.44 bits per heavy atom. The van der Waals surface area contributed by atoms with Crippen LogP contribution in [0.5, 0.6) is 5.75 Å². The van der Waals surface area contributed by atoms with Gasteiger partial charge in [-0.25, -0.2) is 13.6 Å². The van der Waals surface area contributed by atoms with Gasteiger partial charge in [0.25, 0.3) is 0 Å². The van der Waals surface area contributed by atoms with Gasteiger partial charge >= 0.3 is 5.97 Å². The molecule has 48 heavy (non-hydrogen) atoms. The van der Waals surface area contributed by atoms with Gasteiger partial charge < -0.3 is 14.9 Å². The van der Waals surface area contributed by atoms with Gasteiger partial charge in [-0.2, -0.15) is 5.26 Å². The van der Waals surface area contributed by atoms with Crippen LogP contribution >= 0.6 is 23.2 Å². The monoisotopic (exact) mass is 699 g/mol. The van der Waals surface area contributed by atoms with E-state index in [1.807, 2.05) is 25.7 Å². The molecule has 0 spiro atoms. The standard InChI is InChI=1S/C36H37Cl2F2N3O5/c1-35(2,3)18-28-36(19-41,23-13-12-21(37)17-25(23)39)30(22-8-7-9-24(38)31(22)40)32-33(45)42(29(43(28)32)10-5-6-15-44)26-14-11-20(34(46)47)16-27(26)48-4/h7-9,11-14,16-17,28-30,32,44H,5-6,10,15,18H2,1-4H3,(H,46,47)/t28-,29+,30-,32+,36-/m0/s1. The number of carbonyl (C=O) groups is 2. The van der Waals surface area contributed by atoms with Crippen molar-refractivity contribution in [1.29, 1.82) is 5.26 Å². The minimum atomic E-state index is -1.80. The minimum absolute atomic E-state index is 0.0118. The number of anilines is 1. The Balaban J connectivity index is 1.86. The number of nitrogens with zero attached hydrogens (tertiary/aromatic N) is 3. The van der Waals surface area contributed by atoms with Crippen molar-refractivity contribution in [2.75, 3.05) is 18.6 Å². The molecule has 0 saturated carbocycles. The number of aromatic carboxylic acids is 1. The van der Waals surface area contributed by atoms with E-state index in [-0.39, 0.29) is 44.8 Å². The zero-order valence-electron chi connectivity index (χ0n) is 27.0. The van der Waals surface area contributed by atoms with Gasteiger partial charge in [-0.05, 0) is 73.1 Å². The molecule has 3 aromatic rings. The highest BCUT2D eigenvalue weighted by molar-refractivity contribution is 6.31. The molecule has 5 rings (SSSR count). The lowest BCUT2D eigenvalue weighted by Crippen LogP contribution is -2.52. The highest BCUT2D eigenvalue weighted by atomic mass is 35.5. The van der Waals surface area contributed by atoms with E-state index in [1.54, 1.807) is 0 Å². The molecule has 3 aromatic carbocycles. The Hall–Kier alpha value is -3.75. The normalized spacial score (nSPS) is 24.1. The quantitative estimate of drug-likeness (QED) is 0.210. The molecule has 254 valence electrons. The minimum Gasteiger partial charge on any atom is -0.495 e. The summed E-state index contributed by atoms with van der Waals surface area (Å²) in [5.41, 5.74) is -2.05. The Morgan fingerprint density at radius 2 is 1.83 bits per heavy atom. The highest BCUT2D eigenvalue weighted by Gasteiger charge is 2.70. The molecule has 2 fully saturated rings. The van der Waals surface area contributed by atoms with Gasteiger partial charge in [0.05, 0.1) is 35.6 Å². The van der Waals surface area contributed by atoms with Crippen LogP contribution in [-0.4, -0.2) is 59.0 Å². The fourth-order valence-corrected chi connectivity index (χ4v) is 7.89. The van der Waals surface area contributed by atoms with Gasteiger partial charge in [0, 0.05) is 29.2 Å². The smallest absolute Gasteiger partial charge is 0.335 e. The van der Waals surface area contributed by atoms with E-state index in [0.717, 1.165) is 6.07 Å². The van der Waals surface area contributed by atoms with Crippen molar-refractivity contribution in [2.24, 2.45) is 5.41 Å². The molecular formula is C36H37Cl2F2N3O5. The molecule has 2 heterocycles. The highest BCUT2D eigenvalue weighted by Crippen LogP contribution is 2.60. The van der Waals surface area contributed by atoms with Crippen LogP contribution in [0.2, 0.25) is 10.0 Å². The first-order valence-electron chi connectivity index (χ1n) is 15.6. The molecule has 0 bridgehead atoms. The summed E-state index contributed by atoms with van der Waals surface area (Å²) in [6.07, 6.45) is 0.739. The number of aliphatic hydroxyl groups is 1. The number of carboxylic acid groups (broad SMARTS) is 1. The van der Waals surface area contributed by atoms with Crippen LogP contribution < -0.4 is 9.64 Å². The number of hydrogen-bond acceptors (Lipinski definition) is 6. The number of unbranched alkanes of at least 4 members (excludes halogenated alkanes) is 1. The third-order valence-corrected chi connectivity index (χ3v) is 9.91. The second kappa shape index (κ2) is 13.6. The number of methoxy groups -OCH3 is 1. The van der Waals surface area contributed by atoms with Crippen molar-refractivity contribution < 1.29 is 33.3 Å². The first kappa shape index (κ1) is 35.6. The molecule has 5 atom stereocenters. The summed E-state index contributed by atoms with van der Waals surface area (Å²) < 4.78 is 38.1. The maximum Gasteiger partial charge on any atom is 0.335 e. The van der Waals surface area contributed by atoms with Crippen molar-refractivity contribution in [3.05, 3.63) is 93.0 Å².